The van der Waals surface area contributed by atoms with Crippen LogP contribution in [0.2, 0.25) is 5.02 Å². The molecule has 5 aromatic rings. The van der Waals surface area contributed by atoms with Gasteiger partial charge in [0.25, 0.3) is 0 Å². The van der Waals surface area contributed by atoms with Crippen LogP contribution in [0.5, 0.6) is 28.9 Å². The first-order chi connectivity index (χ1) is 27.2. The first-order valence-electron chi connectivity index (χ1n) is 18.2. The van der Waals surface area contributed by atoms with E-state index in [-0.39, 0.29) is 25.0 Å². The lowest BCUT2D eigenvalue weighted by molar-refractivity contribution is -0.145. The van der Waals surface area contributed by atoms with Crippen LogP contribution in [0.1, 0.15) is 25.1 Å². The lowest BCUT2D eigenvalue weighted by atomic mass is 10.1. The van der Waals surface area contributed by atoms with E-state index < -0.39 is 12.1 Å². The summed E-state index contributed by atoms with van der Waals surface area (Å²) >= 11 is 8.16. The van der Waals surface area contributed by atoms with Gasteiger partial charge in [-0.2, -0.15) is 0 Å². The molecule has 1 aliphatic rings. The Bertz CT molecular complexity index is 2080. The number of aromatic nitrogens is 4. The highest BCUT2D eigenvalue weighted by Gasteiger charge is 2.26. The Balaban J connectivity index is 1.15. The molecule has 294 valence electrons. The third kappa shape index (κ3) is 10.8. The maximum absolute atomic E-state index is 12.7. The van der Waals surface area contributed by atoms with Crippen LogP contribution in [-0.2, 0) is 17.8 Å². The number of hydrogen-bond acceptors (Lipinski definition) is 13. The number of carboxylic acids is 1. The van der Waals surface area contributed by atoms with Crippen molar-refractivity contribution < 1.29 is 33.6 Å². The van der Waals surface area contributed by atoms with Gasteiger partial charge in [-0.1, -0.05) is 53.7 Å². The van der Waals surface area contributed by atoms with E-state index in [1.54, 1.807) is 37.7 Å². The SMILES string of the molecule is COc1ccccc1-c1nccc(COc2ccccc2C[C@@H](Oc2ncncc2Sc2ccc(OCCN3CCN(C)CC3)c(Cl)c2OC(C)C)C(=O)O)n1. The molecule has 13 nitrogen and oxygen atoms in total. The van der Waals surface area contributed by atoms with Crippen LogP contribution in [0, 0.1) is 0 Å². The zero-order chi connectivity index (χ0) is 39.4. The van der Waals surface area contributed by atoms with Crippen molar-refractivity contribution in [2.24, 2.45) is 0 Å². The fraction of sp³-hybridized carbons (Fsp3) is 0.341. The zero-order valence-electron chi connectivity index (χ0n) is 31.8. The normalized spacial score (nSPS) is 14.0. The molecule has 1 atom stereocenters. The highest BCUT2D eigenvalue weighted by atomic mass is 35.5. The van der Waals surface area contributed by atoms with E-state index in [9.17, 15) is 9.90 Å². The maximum atomic E-state index is 12.7. The number of ether oxygens (including phenoxy) is 5. The Morgan fingerprint density at radius 3 is 2.45 bits per heavy atom. The van der Waals surface area contributed by atoms with E-state index in [2.05, 4.69) is 36.8 Å². The number of methoxy groups -OCH3 is 1. The summed E-state index contributed by atoms with van der Waals surface area (Å²) < 4.78 is 30.1. The summed E-state index contributed by atoms with van der Waals surface area (Å²) in [4.78, 5) is 36.1. The second kappa shape index (κ2) is 19.6. The number of carboxylic acid groups (broad SMARTS) is 1. The van der Waals surface area contributed by atoms with Crippen molar-refractivity contribution in [3.63, 3.8) is 0 Å². The predicted molar refractivity (Wildman–Crippen MR) is 213 cm³/mol. The third-order valence-corrected chi connectivity index (χ3v) is 10.2. The molecular formula is C41H45ClN6O7S. The molecule has 0 bridgehead atoms. The molecule has 1 aliphatic heterocycles. The predicted octanol–water partition coefficient (Wildman–Crippen LogP) is 6.81. The van der Waals surface area contributed by atoms with E-state index in [0.29, 0.717) is 61.5 Å². The van der Waals surface area contributed by atoms with Crippen molar-refractivity contribution in [3.8, 4) is 40.3 Å². The van der Waals surface area contributed by atoms with Gasteiger partial charge in [-0.15, -0.1) is 0 Å². The minimum Gasteiger partial charge on any atom is -0.496 e. The molecule has 0 unspecified atom stereocenters. The van der Waals surface area contributed by atoms with E-state index in [0.717, 1.165) is 38.3 Å². The molecule has 0 aliphatic carbocycles. The minimum absolute atomic E-state index is 0.0104. The van der Waals surface area contributed by atoms with Crippen molar-refractivity contribution in [3.05, 3.63) is 102 Å². The second-order valence-electron chi connectivity index (χ2n) is 13.3. The quantitative estimate of drug-likeness (QED) is 0.0992. The van der Waals surface area contributed by atoms with Gasteiger partial charge in [-0.3, -0.25) is 4.90 Å². The Kier molecular flexibility index (Phi) is 14.2. The summed E-state index contributed by atoms with van der Waals surface area (Å²) in [5.41, 5.74) is 2.02. The Morgan fingerprint density at radius 1 is 0.911 bits per heavy atom. The number of carbonyl (C=O) groups is 1. The number of benzene rings is 3. The number of likely N-dealkylation sites (N-methyl/N-ethyl adjacent to an activating group) is 1. The number of piperazine rings is 1. The molecule has 0 spiro atoms. The van der Waals surface area contributed by atoms with Gasteiger partial charge in [0.15, 0.2) is 11.6 Å². The van der Waals surface area contributed by atoms with E-state index >= 15 is 0 Å². The third-order valence-electron chi connectivity index (χ3n) is 8.85. The summed E-state index contributed by atoms with van der Waals surface area (Å²) in [5.74, 6) is 1.54. The fourth-order valence-corrected chi connectivity index (χ4v) is 7.15. The van der Waals surface area contributed by atoms with Crippen LogP contribution < -0.4 is 23.7 Å². The van der Waals surface area contributed by atoms with Gasteiger partial charge < -0.3 is 33.7 Å². The molecule has 3 heterocycles. The summed E-state index contributed by atoms with van der Waals surface area (Å²) in [5, 5.41) is 10.7. The number of hydrogen-bond donors (Lipinski definition) is 1. The first-order valence-corrected chi connectivity index (χ1v) is 19.4. The summed E-state index contributed by atoms with van der Waals surface area (Å²) in [7, 11) is 3.73. The van der Waals surface area contributed by atoms with Crippen LogP contribution in [-0.4, -0.2) is 107 Å². The highest BCUT2D eigenvalue weighted by molar-refractivity contribution is 7.99. The number of para-hydroxylation sites is 2. The maximum Gasteiger partial charge on any atom is 0.345 e. The van der Waals surface area contributed by atoms with Gasteiger partial charge in [-0.25, -0.2) is 24.7 Å². The van der Waals surface area contributed by atoms with Crippen molar-refractivity contribution in [2.45, 2.75) is 48.9 Å². The van der Waals surface area contributed by atoms with Gasteiger partial charge in [-0.05, 0) is 62.9 Å². The second-order valence-corrected chi connectivity index (χ2v) is 14.7. The molecule has 1 fully saturated rings. The largest absolute Gasteiger partial charge is 0.496 e. The summed E-state index contributed by atoms with van der Waals surface area (Å²) in [6.45, 7) is 9.27. The van der Waals surface area contributed by atoms with E-state index in [4.69, 9.17) is 35.3 Å². The van der Waals surface area contributed by atoms with E-state index in [1.807, 2.05) is 62.4 Å². The Hall–Kier alpha value is -5.15. The minimum atomic E-state index is -1.31. The average Bonchev–Trinajstić information content (AvgIpc) is 3.20. The van der Waals surface area contributed by atoms with Crippen molar-refractivity contribution in [1.82, 2.24) is 29.7 Å². The zero-order valence-corrected chi connectivity index (χ0v) is 33.3. The van der Waals surface area contributed by atoms with Gasteiger partial charge in [0.05, 0.1) is 34.3 Å². The van der Waals surface area contributed by atoms with Crippen molar-refractivity contribution in [2.75, 3.05) is 53.5 Å². The molecule has 2 aromatic heterocycles. The topological polar surface area (TPSA) is 141 Å². The van der Waals surface area contributed by atoms with Crippen molar-refractivity contribution >= 4 is 29.3 Å². The summed E-state index contributed by atoms with van der Waals surface area (Å²) in [6, 6.07) is 20.2. The number of nitrogens with zero attached hydrogens (tertiary/aromatic N) is 6. The highest BCUT2D eigenvalue weighted by Crippen LogP contribution is 2.46. The van der Waals surface area contributed by atoms with Crippen LogP contribution >= 0.6 is 23.4 Å². The molecule has 0 radical (unpaired) electrons. The Morgan fingerprint density at radius 2 is 1.68 bits per heavy atom. The van der Waals surface area contributed by atoms with Gasteiger partial charge in [0, 0.05) is 51.5 Å². The lowest BCUT2D eigenvalue weighted by Gasteiger charge is -2.32. The van der Waals surface area contributed by atoms with E-state index in [1.165, 1.54) is 18.1 Å². The molecule has 0 amide bonds. The molecule has 15 heteroatoms. The Labute approximate surface area is 335 Å². The van der Waals surface area contributed by atoms with Gasteiger partial charge in [0.1, 0.15) is 41.8 Å². The van der Waals surface area contributed by atoms with Crippen LogP contribution in [0.25, 0.3) is 11.4 Å². The van der Waals surface area contributed by atoms with Crippen LogP contribution in [0.15, 0.2) is 95.2 Å². The molecule has 1 saturated heterocycles. The van der Waals surface area contributed by atoms with Gasteiger partial charge >= 0.3 is 5.97 Å². The smallest absolute Gasteiger partial charge is 0.345 e. The molecule has 56 heavy (non-hydrogen) atoms. The first kappa shape index (κ1) is 40.5. The number of rotatable bonds is 18. The van der Waals surface area contributed by atoms with Crippen molar-refractivity contribution in [1.29, 1.82) is 0 Å². The molecule has 0 saturated carbocycles. The summed E-state index contributed by atoms with van der Waals surface area (Å²) in [6.07, 6.45) is 3.04. The molecule has 3 aromatic carbocycles. The van der Waals surface area contributed by atoms with Crippen LogP contribution in [0.3, 0.4) is 0 Å². The van der Waals surface area contributed by atoms with Gasteiger partial charge in [0.2, 0.25) is 12.0 Å². The number of halogens is 1. The lowest BCUT2D eigenvalue weighted by Crippen LogP contribution is -2.45. The molecule has 6 rings (SSSR count). The average molecular weight is 801 g/mol. The standard InChI is InChI=1S/C41H45ClN6O7S/c1-27(2)54-38-35(14-13-33(37(38)42)52-22-21-48-19-17-47(3)18-20-48)56-36-24-43-26-45-40(36)55-34(41(49)50)23-28-9-5-7-11-31(28)53-25-29-15-16-44-39(46-29)30-10-6-8-12-32(30)51-4/h5-16,24,26-27,34H,17-23,25H2,1-4H3,(H,49,50)/t34-/m1/s1. The molecular weight excluding hydrogens is 756 g/mol. The molecule has 1 N–H and O–H groups in total. The monoisotopic (exact) mass is 800 g/mol. The van der Waals surface area contributed by atoms with Crippen LogP contribution in [0.4, 0.5) is 0 Å². The number of aliphatic carboxylic acids is 1. The fourth-order valence-electron chi connectivity index (χ4n) is 5.91.